The Morgan fingerprint density at radius 1 is 1.39 bits per heavy atom. The van der Waals surface area contributed by atoms with Crippen molar-refractivity contribution in [3.63, 3.8) is 0 Å². The van der Waals surface area contributed by atoms with Crippen LogP contribution in [-0.4, -0.2) is 4.92 Å². The molecule has 0 aliphatic heterocycles. The van der Waals surface area contributed by atoms with Gasteiger partial charge in [0.15, 0.2) is 0 Å². The molecular formula is C11H7F3N2O2. The van der Waals surface area contributed by atoms with Gasteiger partial charge in [0.2, 0.25) is 0 Å². The monoisotopic (exact) mass is 256 g/mol. The average molecular weight is 256 g/mol. The number of nitrogens with zero attached hydrogens (tertiary/aromatic N) is 2. The predicted octanol–water partition coefficient (Wildman–Crippen LogP) is 3.17. The van der Waals surface area contributed by atoms with E-state index in [-0.39, 0.29) is 5.56 Å². The van der Waals surface area contributed by atoms with Crippen molar-refractivity contribution >= 4 is 5.69 Å². The first-order chi connectivity index (χ1) is 8.30. The van der Waals surface area contributed by atoms with Gasteiger partial charge in [-0.15, -0.1) is 0 Å². The number of nitro groups is 1. The molecule has 0 spiro atoms. The zero-order valence-corrected chi connectivity index (χ0v) is 8.99. The van der Waals surface area contributed by atoms with Crippen molar-refractivity contribution in [3.05, 3.63) is 39.4 Å². The van der Waals surface area contributed by atoms with Crippen LogP contribution in [0.3, 0.4) is 0 Å². The summed E-state index contributed by atoms with van der Waals surface area (Å²) in [6, 6.07) is 4.25. The van der Waals surface area contributed by atoms with Gasteiger partial charge in [-0.05, 0) is 25.0 Å². The first-order valence-corrected chi connectivity index (χ1v) is 5.07. The molecule has 2 rings (SSSR count). The van der Waals surface area contributed by atoms with Gasteiger partial charge in [-0.1, -0.05) is 0 Å². The molecule has 1 aliphatic carbocycles. The summed E-state index contributed by atoms with van der Waals surface area (Å²) < 4.78 is 37.4. The maximum Gasteiger partial charge on any atom is 0.416 e. The van der Waals surface area contributed by atoms with Crippen molar-refractivity contribution in [2.75, 3.05) is 0 Å². The van der Waals surface area contributed by atoms with Crippen molar-refractivity contribution < 1.29 is 18.1 Å². The van der Waals surface area contributed by atoms with E-state index in [1.807, 2.05) is 6.07 Å². The molecule has 0 saturated heterocycles. The van der Waals surface area contributed by atoms with E-state index in [0.29, 0.717) is 18.9 Å². The van der Waals surface area contributed by atoms with E-state index in [2.05, 4.69) is 0 Å². The number of nitro benzene ring substituents is 1. The first-order valence-electron chi connectivity index (χ1n) is 5.07. The van der Waals surface area contributed by atoms with E-state index in [4.69, 9.17) is 5.26 Å². The number of alkyl halides is 3. The Labute approximate surface area is 99.8 Å². The van der Waals surface area contributed by atoms with Crippen molar-refractivity contribution in [2.45, 2.75) is 24.4 Å². The Bertz CT molecular complexity index is 556. The quantitative estimate of drug-likeness (QED) is 0.602. The lowest BCUT2D eigenvalue weighted by molar-refractivity contribution is -0.386. The van der Waals surface area contributed by atoms with Gasteiger partial charge >= 0.3 is 6.18 Å². The fraction of sp³-hybridized carbons (Fsp3) is 0.364. The molecule has 18 heavy (non-hydrogen) atoms. The molecule has 1 aliphatic rings. The molecule has 0 heterocycles. The van der Waals surface area contributed by atoms with E-state index < -0.39 is 27.8 Å². The van der Waals surface area contributed by atoms with Gasteiger partial charge in [0.1, 0.15) is 0 Å². The van der Waals surface area contributed by atoms with E-state index >= 15 is 0 Å². The minimum absolute atomic E-state index is 0.0722. The van der Waals surface area contributed by atoms with Crippen molar-refractivity contribution in [1.29, 1.82) is 5.26 Å². The Morgan fingerprint density at radius 2 is 2.00 bits per heavy atom. The van der Waals surface area contributed by atoms with Crippen LogP contribution >= 0.6 is 0 Å². The van der Waals surface area contributed by atoms with Crippen LogP contribution in [0, 0.1) is 21.4 Å². The molecule has 0 bridgehead atoms. The predicted molar refractivity (Wildman–Crippen MR) is 54.6 cm³/mol. The molecule has 1 aromatic rings. The van der Waals surface area contributed by atoms with Crippen LogP contribution in [-0.2, 0) is 11.6 Å². The second-order valence-corrected chi connectivity index (χ2v) is 4.18. The van der Waals surface area contributed by atoms with Crippen LogP contribution in [0.15, 0.2) is 18.2 Å². The third-order valence-corrected chi connectivity index (χ3v) is 3.00. The molecule has 0 amide bonds. The summed E-state index contributed by atoms with van der Waals surface area (Å²) in [6.07, 6.45) is -3.75. The molecule has 0 atom stereocenters. The standard InChI is InChI=1S/C11H7F3N2O2/c12-11(13,14)7-1-2-8(9(5-7)16(17)18)10(6-15)3-4-10/h1-2,5H,3-4H2. The van der Waals surface area contributed by atoms with Crippen LogP contribution in [0.1, 0.15) is 24.0 Å². The van der Waals surface area contributed by atoms with Gasteiger partial charge in [-0.25, -0.2) is 0 Å². The number of rotatable bonds is 2. The van der Waals surface area contributed by atoms with Crippen molar-refractivity contribution in [1.82, 2.24) is 0 Å². The van der Waals surface area contributed by atoms with Crippen LogP contribution in [0.4, 0.5) is 18.9 Å². The third-order valence-electron chi connectivity index (χ3n) is 3.00. The van der Waals surface area contributed by atoms with Gasteiger partial charge in [-0.3, -0.25) is 10.1 Å². The van der Waals surface area contributed by atoms with E-state index in [9.17, 15) is 23.3 Å². The molecule has 4 nitrogen and oxygen atoms in total. The molecular weight excluding hydrogens is 249 g/mol. The summed E-state index contributed by atoms with van der Waals surface area (Å²) in [6.45, 7) is 0. The lowest BCUT2D eigenvalue weighted by Crippen LogP contribution is -2.11. The van der Waals surface area contributed by atoms with Gasteiger partial charge in [0.25, 0.3) is 5.69 Å². The van der Waals surface area contributed by atoms with Crippen LogP contribution in [0.5, 0.6) is 0 Å². The zero-order chi connectivity index (χ0) is 13.6. The lowest BCUT2D eigenvalue weighted by Gasteiger charge is -2.11. The highest BCUT2D eigenvalue weighted by atomic mass is 19.4. The fourth-order valence-electron chi connectivity index (χ4n) is 1.83. The lowest BCUT2D eigenvalue weighted by atomic mass is 9.94. The highest BCUT2D eigenvalue weighted by molar-refractivity contribution is 5.54. The molecule has 0 aromatic heterocycles. The maximum absolute atomic E-state index is 12.5. The molecule has 0 unspecified atom stereocenters. The second-order valence-electron chi connectivity index (χ2n) is 4.18. The molecule has 0 N–H and O–H groups in total. The van der Waals surface area contributed by atoms with E-state index in [1.54, 1.807) is 0 Å². The van der Waals surface area contributed by atoms with Crippen molar-refractivity contribution in [2.24, 2.45) is 0 Å². The minimum atomic E-state index is -4.63. The van der Waals surface area contributed by atoms with Crippen LogP contribution in [0.25, 0.3) is 0 Å². The molecule has 7 heteroatoms. The minimum Gasteiger partial charge on any atom is -0.258 e. The summed E-state index contributed by atoms with van der Waals surface area (Å²) >= 11 is 0. The normalized spacial score (nSPS) is 17.0. The van der Waals surface area contributed by atoms with Crippen LogP contribution < -0.4 is 0 Å². The first kappa shape index (κ1) is 12.4. The third kappa shape index (κ3) is 1.90. The van der Waals surface area contributed by atoms with E-state index in [0.717, 1.165) is 12.1 Å². The highest BCUT2D eigenvalue weighted by Gasteiger charge is 2.49. The summed E-state index contributed by atoms with van der Waals surface area (Å²) in [5.41, 5.74) is -2.62. The zero-order valence-electron chi connectivity index (χ0n) is 8.99. The van der Waals surface area contributed by atoms with Crippen molar-refractivity contribution in [3.8, 4) is 6.07 Å². The Balaban J connectivity index is 2.57. The second kappa shape index (κ2) is 3.70. The Hall–Kier alpha value is -2.10. The molecule has 94 valence electrons. The van der Waals surface area contributed by atoms with E-state index in [1.165, 1.54) is 0 Å². The largest absolute Gasteiger partial charge is 0.416 e. The molecule has 1 aromatic carbocycles. The number of hydrogen-bond donors (Lipinski definition) is 0. The van der Waals surface area contributed by atoms with Gasteiger partial charge < -0.3 is 0 Å². The van der Waals surface area contributed by atoms with Gasteiger partial charge in [0, 0.05) is 6.07 Å². The summed E-state index contributed by atoms with van der Waals surface area (Å²) in [7, 11) is 0. The SMILES string of the molecule is N#CC1(c2ccc(C(F)(F)F)cc2[N+](=O)[O-])CC1. The number of nitriles is 1. The maximum atomic E-state index is 12.5. The number of halogens is 3. The number of hydrogen-bond acceptors (Lipinski definition) is 3. The molecule has 1 saturated carbocycles. The average Bonchev–Trinajstić information content (AvgIpc) is 3.07. The van der Waals surface area contributed by atoms with Crippen LogP contribution in [0.2, 0.25) is 0 Å². The Kier molecular flexibility index (Phi) is 2.54. The Morgan fingerprint density at radius 3 is 2.39 bits per heavy atom. The smallest absolute Gasteiger partial charge is 0.258 e. The summed E-state index contributed by atoms with van der Waals surface area (Å²) in [5, 5.41) is 19.8. The highest BCUT2D eigenvalue weighted by Crippen LogP contribution is 2.51. The number of benzene rings is 1. The van der Waals surface area contributed by atoms with Gasteiger partial charge in [-0.2, -0.15) is 18.4 Å². The molecule has 1 fully saturated rings. The summed E-state index contributed by atoms with van der Waals surface area (Å²) in [5.74, 6) is 0. The van der Waals surface area contributed by atoms with Gasteiger partial charge in [0.05, 0.1) is 27.5 Å². The topological polar surface area (TPSA) is 66.9 Å². The molecule has 0 radical (unpaired) electrons. The fourth-order valence-corrected chi connectivity index (χ4v) is 1.83. The summed E-state index contributed by atoms with van der Waals surface area (Å²) in [4.78, 5) is 9.95.